The van der Waals surface area contributed by atoms with E-state index in [1.807, 2.05) is 35.7 Å². The molecule has 1 saturated carbocycles. The minimum absolute atomic E-state index is 0.0000349. The van der Waals surface area contributed by atoms with Gasteiger partial charge in [0.1, 0.15) is 6.54 Å². The van der Waals surface area contributed by atoms with Gasteiger partial charge in [-0.25, -0.2) is 0 Å². The molecule has 1 aliphatic carbocycles. The van der Waals surface area contributed by atoms with Crippen LogP contribution >= 0.6 is 0 Å². The number of anilines is 1. The fourth-order valence-electron chi connectivity index (χ4n) is 6.68. The molecule has 2 bridgehead atoms. The zero-order valence-corrected chi connectivity index (χ0v) is 22.0. The van der Waals surface area contributed by atoms with Crippen LogP contribution in [0.25, 0.3) is 10.9 Å². The van der Waals surface area contributed by atoms with Crippen molar-refractivity contribution in [2.24, 2.45) is 5.41 Å². The average Bonchev–Trinajstić information content (AvgIpc) is 3.27. The van der Waals surface area contributed by atoms with E-state index in [0.29, 0.717) is 12.0 Å². The fourth-order valence-corrected chi connectivity index (χ4v) is 6.68. The molecule has 3 heterocycles. The molecule has 7 heteroatoms. The molecule has 2 aliphatic heterocycles. The van der Waals surface area contributed by atoms with Gasteiger partial charge in [0, 0.05) is 54.3 Å². The third-order valence-corrected chi connectivity index (χ3v) is 8.73. The summed E-state index contributed by atoms with van der Waals surface area (Å²) in [6.07, 6.45) is 10.8. The van der Waals surface area contributed by atoms with E-state index in [-0.39, 0.29) is 41.5 Å². The first-order valence-corrected chi connectivity index (χ1v) is 13.8. The summed E-state index contributed by atoms with van der Waals surface area (Å²) < 4.78 is 1.98. The normalized spacial score (nSPS) is 27.0. The van der Waals surface area contributed by atoms with E-state index in [2.05, 4.69) is 16.7 Å². The second-order valence-electron chi connectivity index (χ2n) is 11.1. The highest BCUT2D eigenvalue weighted by atomic mass is 16.2. The molecule has 3 atom stereocenters. The van der Waals surface area contributed by atoms with Gasteiger partial charge in [-0.15, -0.1) is 0 Å². The minimum atomic E-state index is -0.327. The van der Waals surface area contributed by atoms with Gasteiger partial charge in [-0.3, -0.25) is 14.4 Å². The first-order chi connectivity index (χ1) is 17.4. The van der Waals surface area contributed by atoms with Gasteiger partial charge in [-0.05, 0) is 63.3 Å². The third-order valence-electron chi connectivity index (χ3n) is 8.73. The molecule has 2 N–H and O–H groups in total. The number of aromatic nitrogens is 1. The summed E-state index contributed by atoms with van der Waals surface area (Å²) in [4.78, 5) is 41.3. The molecule has 1 aromatic carbocycles. The van der Waals surface area contributed by atoms with E-state index < -0.39 is 0 Å². The van der Waals surface area contributed by atoms with Gasteiger partial charge in [0.25, 0.3) is 0 Å². The molecule has 5 rings (SSSR count). The van der Waals surface area contributed by atoms with Crippen molar-refractivity contribution in [3.05, 3.63) is 29.5 Å². The van der Waals surface area contributed by atoms with Crippen LogP contribution in [0.3, 0.4) is 0 Å². The van der Waals surface area contributed by atoms with E-state index in [1.54, 1.807) is 6.92 Å². The van der Waals surface area contributed by atoms with Crippen LogP contribution in [0.2, 0.25) is 0 Å². The van der Waals surface area contributed by atoms with E-state index in [4.69, 9.17) is 0 Å². The van der Waals surface area contributed by atoms with Crippen molar-refractivity contribution in [1.82, 2.24) is 14.8 Å². The van der Waals surface area contributed by atoms with Gasteiger partial charge >= 0.3 is 0 Å². The second kappa shape index (κ2) is 10.0. The summed E-state index contributed by atoms with van der Waals surface area (Å²) in [6.45, 7) is 5.52. The Kier molecular flexibility index (Phi) is 6.95. The van der Waals surface area contributed by atoms with Crippen LogP contribution in [0.5, 0.6) is 0 Å². The predicted molar refractivity (Wildman–Crippen MR) is 143 cm³/mol. The molecule has 7 nitrogen and oxygen atoms in total. The average molecular weight is 493 g/mol. The van der Waals surface area contributed by atoms with Crippen molar-refractivity contribution >= 4 is 34.1 Å². The number of hydrogen-bond donors (Lipinski definition) is 2. The van der Waals surface area contributed by atoms with Crippen LogP contribution in [0, 0.1) is 5.41 Å². The lowest BCUT2D eigenvalue weighted by Gasteiger charge is -2.27. The Morgan fingerprint density at radius 2 is 1.92 bits per heavy atom. The number of carbonyl (C=O) groups is 3. The zero-order chi connectivity index (χ0) is 25.4. The first-order valence-electron chi connectivity index (χ1n) is 13.8. The molecule has 1 amide bonds. The van der Waals surface area contributed by atoms with Crippen LogP contribution < -0.4 is 10.6 Å². The van der Waals surface area contributed by atoms with Crippen LogP contribution in [-0.4, -0.2) is 59.2 Å². The number of Topliss-reactive ketones (excluding diaryl/α,β-unsaturated/α-hetero) is 2. The van der Waals surface area contributed by atoms with E-state index in [1.165, 1.54) is 24.8 Å². The molecule has 0 radical (unpaired) electrons. The number of amides is 1. The molecular weight excluding hydrogens is 452 g/mol. The molecule has 0 unspecified atom stereocenters. The van der Waals surface area contributed by atoms with Crippen LogP contribution in [0.1, 0.15) is 81.1 Å². The van der Waals surface area contributed by atoms with Gasteiger partial charge in [-0.2, -0.15) is 0 Å². The molecule has 2 aromatic rings. The number of hydrogen-bond acceptors (Lipinski definition) is 5. The molecular formula is C29H40N4O3. The Morgan fingerprint density at radius 1 is 1.14 bits per heavy atom. The van der Waals surface area contributed by atoms with E-state index >= 15 is 0 Å². The molecule has 2 fully saturated rings. The molecule has 0 spiro atoms. The minimum Gasteiger partial charge on any atom is -0.388 e. The third kappa shape index (κ3) is 4.47. The van der Waals surface area contributed by atoms with Gasteiger partial charge in [0.2, 0.25) is 5.91 Å². The van der Waals surface area contributed by atoms with Gasteiger partial charge in [0.15, 0.2) is 11.6 Å². The summed E-state index contributed by atoms with van der Waals surface area (Å²) >= 11 is 0. The lowest BCUT2D eigenvalue weighted by molar-refractivity contribution is -0.139. The largest absolute Gasteiger partial charge is 0.388 e. The lowest BCUT2D eigenvalue weighted by Crippen LogP contribution is -2.44. The van der Waals surface area contributed by atoms with Gasteiger partial charge < -0.3 is 20.1 Å². The number of nitrogens with one attached hydrogen (secondary N) is 2. The smallest absolute Gasteiger partial charge is 0.243 e. The summed E-state index contributed by atoms with van der Waals surface area (Å²) in [5.74, 6) is 0.150. The Hall–Kier alpha value is -2.67. The van der Waals surface area contributed by atoms with Gasteiger partial charge in [0.05, 0.1) is 11.6 Å². The predicted octanol–water partition coefficient (Wildman–Crippen LogP) is 4.32. The van der Waals surface area contributed by atoms with E-state index in [9.17, 15) is 14.4 Å². The highest BCUT2D eigenvalue weighted by Gasteiger charge is 2.66. The molecule has 36 heavy (non-hydrogen) atoms. The second-order valence-corrected chi connectivity index (χ2v) is 11.1. The number of aryl methyl sites for hydroxylation is 1. The Bertz CT molecular complexity index is 1180. The topological polar surface area (TPSA) is 83.4 Å². The maximum atomic E-state index is 13.9. The van der Waals surface area contributed by atoms with E-state index in [0.717, 1.165) is 61.8 Å². The van der Waals surface area contributed by atoms with Gasteiger partial charge in [-0.1, -0.05) is 26.2 Å². The fraction of sp³-hybridized carbons (Fsp3) is 0.621. The summed E-state index contributed by atoms with van der Waals surface area (Å²) in [7, 11) is 1.90. The number of piperidine rings is 1. The first kappa shape index (κ1) is 25.0. The Labute approximate surface area is 214 Å². The molecule has 3 aliphatic rings. The van der Waals surface area contributed by atoms with Crippen LogP contribution in [-0.2, 0) is 22.6 Å². The van der Waals surface area contributed by atoms with Crippen molar-refractivity contribution < 1.29 is 14.4 Å². The number of benzene rings is 1. The van der Waals surface area contributed by atoms with Crippen molar-refractivity contribution in [2.75, 3.05) is 25.5 Å². The summed E-state index contributed by atoms with van der Waals surface area (Å²) in [5, 5.41) is 7.79. The Balaban J connectivity index is 1.56. The quantitative estimate of drug-likeness (QED) is 0.621. The van der Waals surface area contributed by atoms with Crippen LogP contribution in [0.15, 0.2) is 18.3 Å². The molecule has 1 saturated heterocycles. The highest BCUT2D eigenvalue weighted by Crippen LogP contribution is 2.59. The van der Waals surface area contributed by atoms with Crippen molar-refractivity contribution in [2.45, 2.75) is 90.3 Å². The van der Waals surface area contributed by atoms with Crippen molar-refractivity contribution in [1.29, 1.82) is 0 Å². The zero-order valence-electron chi connectivity index (χ0n) is 22.0. The lowest BCUT2D eigenvalue weighted by atomic mass is 9.96. The SMILES string of the molecule is CCC(=O)[C@@H]1C[C@]23CNCCCCCCCc4cc(NC)cc5c(C(C)=O)cn(c45)CC(=O)N1[C@@H]2C3. The molecule has 1 aromatic heterocycles. The maximum Gasteiger partial charge on any atom is 0.243 e. The standard InChI is InChI=1S/C29H40N4O3/c1-4-25(35)24-14-29-15-26(29)33(24)27(36)17-32-16-23(19(2)34)22-13-21(30-3)12-20(28(22)32)10-8-6-5-7-9-11-31-18-29/h12-13,16,24,26,30-31H,4-11,14-15,17-18H2,1-3H3/t24-,26+,29-/m0/s1. The molecule has 194 valence electrons. The van der Waals surface area contributed by atoms with Crippen molar-refractivity contribution in [3.8, 4) is 0 Å². The van der Waals surface area contributed by atoms with Crippen molar-refractivity contribution in [3.63, 3.8) is 0 Å². The number of rotatable bonds is 4. The maximum absolute atomic E-state index is 13.9. The highest BCUT2D eigenvalue weighted by molar-refractivity contribution is 6.09. The number of nitrogens with zero attached hydrogens (tertiary/aromatic N) is 2. The monoisotopic (exact) mass is 492 g/mol. The summed E-state index contributed by atoms with van der Waals surface area (Å²) in [5.41, 5.74) is 3.83. The Morgan fingerprint density at radius 3 is 2.67 bits per heavy atom. The summed E-state index contributed by atoms with van der Waals surface area (Å²) in [6, 6.07) is 4.00. The number of ketones is 2. The van der Waals surface area contributed by atoms with Crippen LogP contribution in [0.4, 0.5) is 5.69 Å². The number of carbonyl (C=O) groups excluding carboxylic acids is 3.